The first-order valence-corrected chi connectivity index (χ1v) is 2.69. The highest BCUT2D eigenvalue weighted by molar-refractivity contribution is 5.05. The Balaban J connectivity index is 3.34. The smallest absolute Gasteiger partial charge is 0.143 e. The van der Waals surface area contributed by atoms with Crippen molar-refractivity contribution in [3.63, 3.8) is 0 Å². The summed E-state index contributed by atoms with van der Waals surface area (Å²) in [6, 6.07) is 3.51. The molecule has 0 amide bonds. The molecule has 0 aliphatic rings. The van der Waals surface area contributed by atoms with Gasteiger partial charge in [-0.05, 0) is 18.6 Å². The molecule has 0 unspecified atom stereocenters. The number of hydrogen-bond donors (Lipinski definition) is 2. The zero-order valence-electron chi connectivity index (χ0n) is 5.26. The number of hydrogen-bond acceptors (Lipinski definition) is 2. The van der Waals surface area contributed by atoms with Crippen LogP contribution in [0.3, 0.4) is 0 Å². The van der Waals surface area contributed by atoms with E-state index in [1.54, 1.807) is 12.3 Å². The average molecular weight is 123 g/mol. The highest BCUT2D eigenvalue weighted by Gasteiger charge is 1.83. The molecule has 0 spiro atoms. The van der Waals surface area contributed by atoms with E-state index >= 15 is 0 Å². The lowest BCUT2D eigenvalue weighted by Gasteiger charge is -1.97. The Kier molecular flexibility index (Phi) is 1.26. The maximum Gasteiger partial charge on any atom is 0.143 e. The zero-order chi connectivity index (χ0) is 6.85. The van der Waals surface area contributed by atoms with Crippen molar-refractivity contribution in [3.8, 4) is 0 Å². The molecule has 48 valence electrons. The SMILES string of the molecule is Cc1ccc(=N)n(N)c1. The topological polar surface area (TPSA) is 54.8 Å². The molecule has 1 heterocycles. The van der Waals surface area contributed by atoms with Crippen LogP contribution in [-0.4, -0.2) is 4.68 Å². The molecule has 1 aromatic heterocycles. The first-order chi connectivity index (χ1) is 4.20. The third-order valence-electron chi connectivity index (χ3n) is 1.12. The first-order valence-electron chi connectivity index (χ1n) is 2.69. The molecule has 1 aromatic rings. The van der Waals surface area contributed by atoms with Gasteiger partial charge < -0.3 is 5.84 Å². The van der Waals surface area contributed by atoms with Crippen molar-refractivity contribution in [2.24, 2.45) is 0 Å². The van der Waals surface area contributed by atoms with E-state index in [0.29, 0.717) is 5.49 Å². The zero-order valence-corrected chi connectivity index (χ0v) is 5.26. The summed E-state index contributed by atoms with van der Waals surface area (Å²) < 4.78 is 1.29. The molecule has 0 aromatic carbocycles. The lowest BCUT2D eigenvalue weighted by Crippen LogP contribution is -2.25. The molecule has 0 atom stereocenters. The summed E-state index contributed by atoms with van der Waals surface area (Å²) in [6.07, 6.45) is 1.71. The molecule has 0 bridgehead atoms. The quantitative estimate of drug-likeness (QED) is 0.468. The standard InChI is InChI=1S/C6H9N3/c1-5-2-3-6(7)9(8)4-5/h2-4,7H,8H2,1H3. The lowest BCUT2D eigenvalue weighted by molar-refractivity contribution is 0.872. The van der Waals surface area contributed by atoms with Crippen molar-refractivity contribution >= 4 is 0 Å². The van der Waals surface area contributed by atoms with Crippen LogP contribution in [-0.2, 0) is 0 Å². The van der Waals surface area contributed by atoms with Crippen LogP contribution in [0, 0.1) is 12.3 Å². The van der Waals surface area contributed by atoms with Gasteiger partial charge >= 0.3 is 0 Å². The second kappa shape index (κ2) is 1.93. The lowest BCUT2D eigenvalue weighted by atomic mass is 10.3. The Morgan fingerprint density at radius 2 is 2.22 bits per heavy atom. The monoisotopic (exact) mass is 123 g/mol. The minimum absolute atomic E-state index is 0.320. The van der Waals surface area contributed by atoms with E-state index in [2.05, 4.69) is 0 Å². The Hall–Kier alpha value is -1.25. The molecule has 1 rings (SSSR count). The van der Waals surface area contributed by atoms with Gasteiger partial charge in [-0.2, -0.15) is 0 Å². The van der Waals surface area contributed by atoms with Gasteiger partial charge in [0, 0.05) is 6.20 Å². The molecule has 0 aliphatic heterocycles. The fraction of sp³-hybridized carbons (Fsp3) is 0.167. The number of nitrogens with one attached hydrogen (secondary N) is 1. The number of aromatic nitrogens is 1. The number of nitrogens with two attached hydrogens (primary N) is 1. The number of rotatable bonds is 0. The second-order valence-electron chi connectivity index (χ2n) is 2.00. The van der Waals surface area contributed by atoms with Gasteiger partial charge in [-0.15, -0.1) is 0 Å². The van der Waals surface area contributed by atoms with Gasteiger partial charge in [-0.3, -0.25) is 10.1 Å². The summed E-state index contributed by atoms with van der Waals surface area (Å²) >= 11 is 0. The number of aryl methyl sites for hydroxylation is 1. The van der Waals surface area contributed by atoms with Crippen molar-refractivity contribution in [2.45, 2.75) is 6.92 Å². The van der Waals surface area contributed by atoms with E-state index in [1.807, 2.05) is 13.0 Å². The maximum atomic E-state index is 7.15. The average Bonchev–Trinajstić information content (AvgIpc) is 1.80. The largest absolute Gasteiger partial charge is 0.338 e. The van der Waals surface area contributed by atoms with Gasteiger partial charge in [0.15, 0.2) is 0 Å². The molecule has 3 N–H and O–H groups in total. The van der Waals surface area contributed by atoms with Gasteiger partial charge in [0.1, 0.15) is 5.49 Å². The summed E-state index contributed by atoms with van der Waals surface area (Å²) in [7, 11) is 0. The highest BCUT2D eigenvalue weighted by Crippen LogP contribution is 1.86. The van der Waals surface area contributed by atoms with Crippen molar-refractivity contribution in [3.05, 3.63) is 29.4 Å². The highest BCUT2D eigenvalue weighted by atomic mass is 15.3. The molecule has 0 fully saturated rings. The maximum absolute atomic E-state index is 7.15. The Morgan fingerprint density at radius 3 is 2.67 bits per heavy atom. The molecule has 0 saturated carbocycles. The van der Waals surface area contributed by atoms with Crippen LogP contribution in [0.4, 0.5) is 0 Å². The van der Waals surface area contributed by atoms with Gasteiger partial charge in [0.05, 0.1) is 0 Å². The number of nitrogens with zero attached hydrogens (tertiary/aromatic N) is 1. The van der Waals surface area contributed by atoms with Crippen LogP contribution < -0.4 is 11.3 Å². The Morgan fingerprint density at radius 1 is 1.56 bits per heavy atom. The molecular formula is C6H9N3. The fourth-order valence-corrected chi connectivity index (χ4v) is 0.628. The predicted octanol–water partition coefficient (Wildman–Crippen LogP) is -0.0102. The first kappa shape index (κ1) is 5.88. The predicted molar refractivity (Wildman–Crippen MR) is 35.2 cm³/mol. The van der Waals surface area contributed by atoms with Gasteiger partial charge in [-0.1, -0.05) is 6.07 Å². The van der Waals surface area contributed by atoms with Gasteiger partial charge in [0.2, 0.25) is 0 Å². The normalized spacial score (nSPS) is 9.44. The summed E-state index contributed by atoms with van der Waals surface area (Å²) in [5.74, 6) is 5.35. The van der Waals surface area contributed by atoms with Crippen molar-refractivity contribution < 1.29 is 0 Å². The van der Waals surface area contributed by atoms with E-state index < -0.39 is 0 Å². The van der Waals surface area contributed by atoms with Gasteiger partial charge in [-0.25, -0.2) is 0 Å². The number of pyridine rings is 1. The molecule has 3 heteroatoms. The van der Waals surface area contributed by atoms with Crippen LogP contribution in [0.2, 0.25) is 0 Å². The number of nitrogen functional groups attached to an aromatic ring is 1. The van der Waals surface area contributed by atoms with Crippen LogP contribution >= 0.6 is 0 Å². The molecule has 0 radical (unpaired) electrons. The van der Waals surface area contributed by atoms with Gasteiger partial charge in [0.25, 0.3) is 0 Å². The summed E-state index contributed by atoms with van der Waals surface area (Å²) in [5, 5.41) is 7.15. The van der Waals surface area contributed by atoms with E-state index in [0.717, 1.165) is 5.56 Å². The van der Waals surface area contributed by atoms with E-state index in [1.165, 1.54) is 4.68 Å². The Labute approximate surface area is 53.2 Å². The van der Waals surface area contributed by atoms with Crippen LogP contribution in [0.25, 0.3) is 0 Å². The van der Waals surface area contributed by atoms with E-state index in [-0.39, 0.29) is 0 Å². The third-order valence-corrected chi connectivity index (χ3v) is 1.12. The third kappa shape index (κ3) is 1.10. The molecule has 0 saturated heterocycles. The summed E-state index contributed by atoms with van der Waals surface area (Å²) in [4.78, 5) is 0. The second-order valence-corrected chi connectivity index (χ2v) is 2.00. The van der Waals surface area contributed by atoms with Crippen molar-refractivity contribution in [1.82, 2.24) is 4.68 Å². The molecular weight excluding hydrogens is 114 g/mol. The van der Waals surface area contributed by atoms with E-state index in [9.17, 15) is 0 Å². The van der Waals surface area contributed by atoms with Crippen LogP contribution in [0.15, 0.2) is 18.3 Å². The fourth-order valence-electron chi connectivity index (χ4n) is 0.628. The van der Waals surface area contributed by atoms with E-state index in [4.69, 9.17) is 11.3 Å². The Bertz CT molecular complexity index is 261. The summed E-state index contributed by atoms with van der Waals surface area (Å²) in [6.45, 7) is 1.93. The molecule has 0 aliphatic carbocycles. The van der Waals surface area contributed by atoms with Crippen molar-refractivity contribution in [2.75, 3.05) is 5.84 Å². The van der Waals surface area contributed by atoms with Crippen LogP contribution in [0.1, 0.15) is 5.56 Å². The van der Waals surface area contributed by atoms with Crippen LogP contribution in [0.5, 0.6) is 0 Å². The molecule has 9 heavy (non-hydrogen) atoms. The van der Waals surface area contributed by atoms with Crippen molar-refractivity contribution in [1.29, 1.82) is 5.41 Å². The minimum atomic E-state index is 0.320. The molecule has 3 nitrogen and oxygen atoms in total. The summed E-state index contributed by atoms with van der Waals surface area (Å²) in [5.41, 5.74) is 1.38. The minimum Gasteiger partial charge on any atom is -0.338 e.